The zero-order valence-electron chi connectivity index (χ0n) is 13.6. The van der Waals surface area contributed by atoms with E-state index in [1.165, 1.54) is 37.9 Å². The molecule has 2 rings (SSSR count). The average Bonchev–Trinajstić information content (AvgIpc) is 2.54. The van der Waals surface area contributed by atoms with Crippen molar-refractivity contribution in [3.05, 3.63) is 29.8 Å². The highest BCUT2D eigenvalue weighted by Gasteiger charge is 2.17. The van der Waals surface area contributed by atoms with E-state index >= 15 is 0 Å². The molecule has 0 spiro atoms. The van der Waals surface area contributed by atoms with Crippen LogP contribution in [-0.4, -0.2) is 37.7 Å². The van der Waals surface area contributed by atoms with Gasteiger partial charge in [-0.25, -0.2) is 0 Å². The van der Waals surface area contributed by atoms with Gasteiger partial charge in [0.1, 0.15) is 12.4 Å². The molecule has 0 atom stereocenters. The summed E-state index contributed by atoms with van der Waals surface area (Å²) in [4.78, 5) is 2.54. The van der Waals surface area contributed by atoms with Crippen LogP contribution in [0.4, 0.5) is 0 Å². The summed E-state index contributed by atoms with van der Waals surface area (Å²) in [6.07, 6.45) is 4.04. The van der Waals surface area contributed by atoms with Crippen molar-refractivity contribution >= 4 is 0 Å². The highest BCUT2D eigenvalue weighted by Crippen LogP contribution is 2.20. The van der Waals surface area contributed by atoms with Crippen LogP contribution in [0.15, 0.2) is 24.3 Å². The summed E-state index contributed by atoms with van der Waals surface area (Å²) in [6, 6.07) is 8.35. The highest BCUT2D eigenvalue weighted by molar-refractivity contribution is 5.33. The van der Waals surface area contributed by atoms with Gasteiger partial charge < -0.3 is 10.1 Å². The van der Waals surface area contributed by atoms with Crippen molar-refractivity contribution in [2.24, 2.45) is 5.92 Å². The lowest BCUT2D eigenvalue weighted by Crippen LogP contribution is -2.36. The van der Waals surface area contributed by atoms with Gasteiger partial charge in [-0.3, -0.25) is 4.90 Å². The normalized spacial score (nSPS) is 17.0. The summed E-state index contributed by atoms with van der Waals surface area (Å²) in [6.45, 7) is 10.6. The SMILES string of the molecule is CCNCc1ccccc1OCCN1CCC(CC)CC1. The van der Waals surface area contributed by atoms with Gasteiger partial charge in [-0.1, -0.05) is 38.5 Å². The first-order chi connectivity index (χ1) is 10.3. The maximum Gasteiger partial charge on any atom is 0.123 e. The van der Waals surface area contributed by atoms with Gasteiger partial charge in [0.05, 0.1) is 0 Å². The molecule has 1 N–H and O–H groups in total. The fraction of sp³-hybridized carbons (Fsp3) is 0.667. The average molecular weight is 290 g/mol. The van der Waals surface area contributed by atoms with Crippen LogP contribution in [0, 0.1) is 5.92 Å². The molecule has 0 saturated carbocycles. The monoisotopic (exact) mass is 290 g/mol. The van der Waals surface area contributed by atoms with E-state index in [0.29, 0.717) is 0 Å². The van der Waals surface area contributed by atoms with Crippen molar-refractivity contribution in [2.45, 2.75) is 39.7 Å². The van der Waals surface area contributed by atoms with E-state index in [1.54, 1.807) is 0 Å². The van der Waals surface area contributed by atoms with Crippen LogP contribution in [0.2, 0.25) is 0 Å². The molecular weight excluding hydrogens is 260 g/mol. The molecule has 1 saturated heterocycles. The summed E-state index contributed by atoms with van der Waals surface area (Å²) in [5.41, 5.74) is 1.25. The Morgan fingerprint density at radius 3 is 2.67 bits per heavy atom. The number of hydrogen-bond acceptors (Lipinski definition) is 3. The Balaban J connectivity index is 1.73. The van der Waals surface area contributed by atoms with Gasteiger partial charge >= 0.3 is 0 Å². The third-order valence-electron chi connectivity index (χ3n) is 4.49. The summed E-state index contributed by atoms with van der Waals surface area (Å²) < 4.78 is 6.01. The molecule has 1 aliphatic rings. The number of benzene rings is 1. The van der Waals surface area contributed by atoms with Gasteiger partial charge in [0.2, 0.25) is 0 Å². The molecule has 118 valence electrons. The lowest BCUT2D eigenvalue weighted by Gasteiger charge is -2.31. The standard InChI is InChI=1S/C18H30N2O/c1-3-16-9-11-20(12-10-16)13-14-21-18-8-6-5-7-17(18)15-19-4-2/h5-8,16,19H,3-4,9-15H2,1-2H3. The molecule has 0 unspecified atom stereocenters. The maximum absolute atomic E-state index is 6.01. The number of rotatable bonds is 8. The van der Waals surface area contributed by atoms with Gasteiger partial charge in [-0.05, 0) is 44.5 Å². The second-order valence-corrected chi connectivity index (χ2v) is 5.93. The molecule has 21 heavy (non-hydrogen) atoms. The number of para-hydroxylation sites is 1. The quantitative estimate of drug-likeness (QED) is 0.795. The van der Waals surface area contributed by atoms with E-state index in [-0.39, 0.29) is 0 Å². The van der Waals surface area contributed by atoms with E-state index in [4.69, 9.17) is 4.74 Å². The second kappa shape index (κ2) is 9.06. The molecule has 1 aliphatic heterocycles. The summed E-state index contributed by atoms with van der Waals surface area (Å²) in [7, 11) is 0. The molecule has 0 bridgehead atoms. The smallest absolute Gasteiger partial charge is 0.123 e. The van der Waals surface area contributed by atoms with Gasteiger partial charge in [-0.15, -0.1) is 0 Å². The molecule has 0 aliphatic carbocycles. The highest BCUT2D eigenvalue weighted by atomic mass is 16.5. The lowest BCUT2D eigenvalue weighted by molar-refractivity contribution is 0.153. The topological polar surface area (TPSA) is 24.5 Å². The van der Waals surface area contributed by atoms with Gasteiger partial charge in [0.15, 0.2) is 0 Å². The Hall–Kier alpha value is -1.06. The number of hydrogen-bond donors (Lipinski definition) is 1. The van der Waals surface area contributed by atoms with Gasteiger partial charge in [0, 0.05) is 18.7 Å². The van der Waals surface area contributed by atoms with Gasteiger partial charge in [-0.2, -0.15) is 0 Å². The van der Waals surface area contributed by atoms with Crippen molar-refractivity contribution in [3.8, 4) is 5.75 Å². The first-order valence-electron chi connectivity index (χ1n) is 8.47. The predicted molar refractivity (Wildman–Crippen MR) is 88.8 cm³/mol. The Morgan fingerprint density at radius 1 is 1.19 bits per heavy atom. The molecule has 1 fully saturated rings. The van der Waals surface area contributed by atoms with Gasteiger partial charge in [0.25, 0.3) is 0 Å². The van der Waals surface area contributed by atoms with E-state index < -0.39 is 0 Å². The molecule has 0 amide bonds. The van der Waals surface area contributed by atoms with E-state index in [1.807, 2.05) is 0 Å². The number of piperidine rings is 1. The van der Waals surface area contributed by atoms with E-state index in [2.05, 4.69) is 48.3 Å². The first-order valence-corrected chi connectivity index (χ1v) is 8.47. The van der Waals surface area contributed by atoms with Crippen molar-refractivity contribution in [1.29, 1.82) is 0 Å². The molecule has 1 aromatic rings. The number of likely N-dealkylation sites (tertiary alicyclic amines) is 1. The van der Waals surface area contributed by atoms with Crippen LogP contribution >= 0.6 is 0 Å². The minimum Gasteiger partial charge on any atom is -0.492 e. The fourth-order valence-corrected chi connectivity index (χ4v) is 2.95. The molecule has 1 aromatic carbocycles. The fourth-order valence-electron chi connectivity index (χ4n) is 2.95. The van der Waals surface area contributed by atoms with Crippen LogP contribution in [0.1, 0.15) is 38.7 Å². The Kier molecular flexibility index (Phi) is 7.04. The zero-order valence-corrected chi connectivity index (χ0v) is 13.6. The molecule has 0 radical (unpaired) electrons. The van der Waals surface area contributed by atoms with Crippen LogP contribution in [0.25, 0.3) is 0 Å². The number of ether oxygens (including phenoxy) is 1. The van der Waals surface area contributed by atoms with Crippen molar-refractivity contribution in [2.75, 3.05) is 32.8 Å². The molecular formula is C18H30N2O. The summed E-state index contributed by atoms with van der Waals surface area (Å²) in [5.74, 6) is 1.98. The molecule has 0 aromatic heterocycles. The Labute approximate surface area is 129 Å². The Bertz CT molecular complexity index is 400. The second-order valence-electron chi connectivity index (χ2n) is 5.93. The van der Waals surface area contributed by atoms with Crippen LogP contribution in [0.3, 0.4) is 0 Å². The molecule has 3 heteroatoms. The largest absolute Gasteiger partial charge is 0.492 e. The minimum absolute atomic E-state index is 0.792. The van der Waals surface area contributed by atoms with Crippen LogP contribution in [-0.2, 0) is 6.54 Å². The summed E-state index contributed by atoms with van der Waals surface area (Å²) >= 11 is 0. The maximum atomic E-state index is 6.01. The predicted octanol–water partition coefficient (Wildman–Crippen LogP) is 3.30. The Morgan fingerprint density at radius 2 is 1.95 bits per heavy atom. The number of nitrogens with zero attached hydrogens (tertiary/aromatic N) is 1. The van der Waals surface area contributed by atoms with Crippen molar-refractivity contribution in [1.82, 2.24) is 10.2 Å². The molecule has 1 heterocycles. The van der Waals surface area contributed by atoms with E-state index in [0.717, 1.165) is 37.9 Å². The van der Waals surface area contributed by atoms with E-state index in [9.17, 15) is 0 Å². The first kappa shape index (κ1) is 16.3. The van der Waals surface area contributed by atoms with Crippen LogP contribution in [0.5, 0.6) is 5.75 Å². The van der Waals surface area contributed by atoms with Crippen LogP contribution < -0.4 is 10.1 Å². The number of nitrogens with one attached hydrogen (secondary N) is 1. The minimum atomic E-state index is 0.792. The van der Waals surface area contributed by atoms with Crippen molar-refractivity contribution in [3.63, 3.8) is 0 Å². The molecule has 3 nitrogen and oxygen atoms in total. The third kappa shape index (κ3) is 5.33. The zero-order chi connectivity index (χ0) is 14.9. The summed E-state index contributed by atoms with van der Waals surface area (Å²) in [5, 5.41) is 3.37. The lowest BCUT2D eigenvalue weighted by atomic mass is 9.94. The third-order valence-corrected chi connectivity index (χ3v) is 4.49. The van der Waals surface area contributed by atoms with Crippen molar-refractivity contribution < 1.29 is 4.74 Å².